The van der Waals surface area contributed by atoms with Crippen LogP contribution in [-0.4, -0.2) is 91.7 Å². The van der Waals surface area contributed by atoms with E-state index < -0.39 is 61.3 Å². The monoisotopic (exact) mass is 1290 g/mol. The number of hydrogen-bond donors (Lipinski definition) is 8. The molecule has 8 N–H and O–H groups in total. The fourth-order valence-corrected chi connectivity index (χ4v) is 17.9. The molecule has 4 amide bonds. The van der Waals surface area contributed by atoms with E-state index in [0.29, 0.717) is 57.9 Å². The first-order valence-electron chi connectivity index (χ1n) is 31.0. The zero-order valence-electron chi connectivity index (χ0n) is 52.1. The molecule has 89 heavy (non-hydrogen) atoms. The normalized spacial score (nSPS) is 21.7. The van der Waals surface area contributed by atoms with Crippen molar-refractivity contribution in [2.45, 2.75) is 214 Å². The number of benzene rings is 4. The molecule has 478 valence electrons. The van der Waals surface area contributed by atoms with Crippen LogP contribution in [0.2, 0.25) is 0 Å². The Morgan fingerprint density at radius 1 is 0.674 bits per heavy atom. The highest BCUT2D eigenvalue weighted by atomic mass is 32.2. The highest BCUT2D eigenvalue weighted by Crippen LogP contribution is 2.49. The number of aliphatic hydroxyl groups excluding tert-OH is 1. The molecule has 0 spiro atoms. The highest BCUT2D eigenvalue weighted by molar-refractivity contribution is 7.90. The van der Waals surface area contributed by atoms with Crippen molar-refractivity contribution < 1.29 is 45.8 Å². The van der Waals surface area contributed by atoms with Gasteiger partial charge in [0.2, 0.25) is 32.4 Å². The van der Waals surface area contributed by atoms with Crippen molar-refractivity contribution in [3.05, 3.63) is 130 Å². The SMILES string of the molecule is CC(C)OC(O)NC1CCC(c2ncc(-c3ccc(NC(=O)C4C[C@H]4c4cccc(CC(C)OC(=O)NC5CCC(c6ncc(-c7ccc(NC(=O)NC8(c9ccccc9)CC8)cc7S(=O)(=O)NC(C)(C)C)s6)CC5)c4)cc3S(=O)(=O)NC(C)(C)C)s2)CC1. The molecule has 4 aliphatic carbocycles. The maximum absolute atomic E-state index is 14.1. The van der Waals surface area contributed by atoms with E-state index in [1.54, 1.807) is 78.2 Å². The molecule has 4 saturated carbocycles. The minimum atomic E-state index is -4.05. The van der Waals surface area contributed by atoms with E-state index in [2.05, 4.69) is 42.1 Å². The quantitative estimate of drug-likeness (QED) is 0.0294. The summed E-state index contributed by atoms with van der Waals surface area (Å²) in [6, 6.07) is 27.4. The lowest BCUT2D eigenvalue weighted by molar-refractivity contribution is -0.150. The van der Waals surface area contributed by atoms with E-state index in [1.165, 1.54) is 34.8 Å². The van der Waals surface area contributed by atoms with Crippen LogP contribution in [0.25, 0.3) is 20.9 Å². The molecule has 23 heteroatoms. The van der Waals surface area contributed by atoms with Gasteiger partial charge in [0, 0.05) is 82.2 Å². The predicted molar refractivity (Wildman–Crippen MR) is 349 cm³/mol. The van der Waals surface area contributed by atoms with E-state index in [-0.39, 0.29) is 57.6 Å². The van der Waals surface area contributed by atoms with Gasteiger partial charge >= 0.3 is 12.1 Å². The number of sulfonamides is 2. The number of rotatable bonds is 22. The van der Waals surface area contributed by atoms with Crippen LogP contribution in [0.3, 0.4) is 0 Å². The zero-order valence-corrected chi connectivity index (χ0v) is 55.4. The van der Waals surface area contributed by atoms with Crippen molar-refractivity contribution in [2.75, 3.05) is 10.6 Å². The van der Waals surface area contributed by atoms with Gasteiger partial charge in [0.25, 0.3) is 0 Å². The lowest BCUT2D eigenvalue weighted by Gasteiger charge is -2.30. The van der Waals surface area contributed by atoms with E-state index in [1.807, 2.05) is 69.3 Å². The molecule has 6 aromatic rings. The number of nitrogens with zero attached hydrogens (tertiary/aromatic N) is 2. The summed E-state index contributed by atoms with van der Waals surface area (Å²) < 4.78 is 73.2. The first-order chi connectivity index (χ1) is 42.1. The molecule has 4 aliphatic rings. The topological polar surface area (TPSA) is 268 Å². The van der Waals surface area contributed by atoms with Crippen LogP contribution < -0.4 is 36.0 Å². The number of alkyl carbamates (subject to hydrolysis) is 1. The molecular formula is C66H85N9O10S4. The summed E-state index contributed by atoms with van der Waals surface area (Å²) in [5, 5.41) is 27.3. The number of hydrogen-bond acceptors (Lipinski definition) is 15. The molecule has 2 aromatic heterocycles. The Kier molecular flexibility index (Phi) is 19.9. The summed E-state index contributed by atoms with van der Waals surface area (Å²) in [4.78, 5) is 51.5. The molecule has 0 saturated heterocycles. The molecule has 2 heterocycles. The Hall–Kier alpha value is -6.15. The van der Waals surface area contributed by atoms with Crippen LogP contribution in [0.15, 0.2) is 113 Å². The Bertz CT molecular complexity index is 3730. The van der Waals surface area contributed by atoms with Crippen LogP contribution in [0, 0.1) is 5.92 Å². The number of carbonyl (C=O) groups is 3. The fraction of sp³-hybridized carbons (Fsp3) is 0.500. The van der Waals surface area contributed by atoms with E-state index in [4.69, 9.17) is 19.4 Å². The maximum Gasteiger partial charge on any atom is 0.407 e. The second-order valence-electron chi connectivity index (χ2n) is 26.8. The van der Waals surface area contributed by atoms with E-state index in [0.717, 1.165) is 78.1 Å². The molecule has 4 fully saturated rings. The van der Waals surface area contributed by atoms with Crippen LogP contribution in [0.1, 0.15) is 177 Å². The van der Waals surface area contributed by atoms with Gasteiger partial charge in [-0.25, -0.2) is 45.8 Å². The number of thiazole rings is 2. The second kappa shape index (κ2) is 27.0. The van der Waals surface area contributed by atoms with Gasteiger partial charge in [0.05, 0.1) is 41.2 Å². The molecule has 0 bridgehead atoms. The second-order valence-corrected chi connectivity index (χ2v) is 32.3. The van der Waals surface area contributed by atoms with Crippen LogP contribution >= 0.6 is 22.7 Å². The largest absolute Gasteiger partial charge is 0.446 e. The van der Waals surface area contributed by atoms with E-state index in [9.17, 15) is 36.3 Å². The van der Waals surface area contributed by atoms with Crippen molar-refractivity contribution in [1.29, 1.82) is 0 Å². The first kappa shape index (κ1) is 65.8. The minimum Gasteiger partial charge on any atom is -0.446 e. The lowest BCUT2D eigenvalue weighted by atomic mass is 9.86. The van der Waals surface area contributed by atoms with Gasteiger partial charge in [0.15, 0.2) is 0 Å². The van der Waals surface area contributed by atoms with Crippen LogP contribution in [0.4, 0.5) is 21.0 Å². The van der Waals surface area contributed by atoms with Gasteiger partial charge in [-0.2, -0.15) is 0 Å². The molecule has 10 rings (SSSR count). The Morgan fingerprint density at radius 2 is 1.21 bits per heavy atom. The molecular weight excluding hydrogens is 1210 g/mol. The average Bonchev–Trinajstić information content (AvgIpc) is 1.87. The number of carbonyl (C=O) groups excluding carboxylic acids is 3. The summed E-state index contributed by atoms with van der Waals surface area (Å²) in [7, 11) is -8.10. The van der Waals surface area contributed by atoms with Crippen LogP contribution in [0.5, 0.6) is 0 Å². The van der Waals surface area contributed by atoms with Gasteiger partial charge in [-0.05, 0) is 180 Å². The van der Waals surface area contributed by atoms with Gasteiger partial charge in [-0.15, -0.1) is 22.7 Å². The Balaban J connectivity index is 0.704. The third-order valence-corrected chi connectivity index (χ3v) is 22.5. The number of aromatic nitrogens is 2. The molecule has 19 nitrogen and oxygen atoms in total. The van der Waals surface area contributed by atoms with Crippen molar-refractivity contribution in [3.63, 3.8) is 0 Å². The van der Waals surface area contributed by atoms with Crippen molar-refractivity contribution >= 4 is 72.1 Å². The average molecular weight is 1290 g/mol. The van der Waals surface area contributed by atoms with Crippen molar-refractivity contribution in [3.8, 4) is 20.9 Å². The Morgan fingerprint density at radius 3 is 1.74 bits per heavy atom. The standard InChI is InChI=1S/C66H85N9O10S4/c1-39(2)84-62(78)71-46-22-18-42(19-23-46)59-67-37-54(86-59)50-28-26-48(34-56(50)88(80,81)74-64(4,5)6)69-58(76)53-36-52(53)44-15-13-14-41(33-44)32-40(3)85-63(79)72-47-24-20-43(21-25-47)60-68-38-55(87-60)51-29-27-49(35-57(51)89(82,83)75-65(7,8)9)70-61(77)73-66(30-31-66)45-16-11-10-12-17-45/h10-17,26-29,33-35,37-40,42-43,46-47,52-53,62,71,74-75,78H,18-25,30-32,36H2,1-9H3,(H,69,76)(H,72,79)(H2,70,73,77)/t40?,42?,43?,46?,47?,52-,53?,62?/m0/s1. The third-order valence-electron chi connectivity index (χ3n) is 16.5. The van der Waals surface area contributed by atoms with Gasteiger partial charge in [-0.1, -0.05) is 66.7 Å². The fourth-order valence-electron chi connectivity index (χ4n) is 12.2. The summed E-state index contributed by atoms with van der Waals surface area (Å²) >= 11 is 2.93. The number of urea groups is 1. The lowest BCUT2D eigenvalue weighted by Crippen LogP contribution is -2.42. The number of ether oxygens (including phenoxy) is 2. The number of amides is 4. The molecule has 0 radical (unpaired) electrons. The molecule has 4 aromatic carbocycles. The number of anilines is 2. The number of nitrogens with one attached hydrogen (secondary N) is 7. The summed E-state index contributed by atoms with van der Waals surface area (Å²) in [5.74, 6) is -0.239. The molecule has 4 atom stereocenters. The zero-order chi connectivity index (χ0) is 63.6. The highest BCUT2D eigenvalue weighted by Gasteiger charge is 2.46. The summed E-state index contributed by atoms with van der Waals surface area (Å²) in [6.07, 6.45) is 10.5. The minimum absolute atomic E-state index is 0.0363. The van der Waals surface area contributed by atoms with Crippen LogP contribution in [-0.2, 0) is 46.3 Å². The molecule has 3 unspecified atom stereocenters. The smallest absolute Gasteiger partial charge is 0.407 e. The van der Waals surface area contributed by atoms with E-state index >= 15 is 0 Å². The van der Waals surface area contributed by atoms with Gasteiger partial charge in [0.1, 0.15) is 6.10 Å². The molecule has 0 aliphatic heterocycles. The number of aliphatic hydroxyl groups is 1. The first-order valence-corrected chi connectivity index (χ1v) is 35.6. The summed E-state index contributed by atoms with van der Waals surface area (Å²) in [6.45, 7) is 16.3. The maximum atomic E-state index is 14.1. The van der Waals surface area contributed by atoms with Gasteiger partial charge < -0.3 is 35.8 Å². The van der Waals surface area contributed by atoms with Crippen molar-refractivity contribution in [1.82, 2.24) is 35.4 Å². The summed E-state index contributed by atoms with van der Waals surface area (Å²) in [5.41, 5.74) is 2.71. The third kappa shape index (κ3) is 17.3. The predicted octanol–water partition coefficient (Wildman–Crippen LogP) is 12.3. The van der Waals surface area contributed by atoms with Gasteiger partial charge in [-0.3, -0.25) is 10.1 Å². The van der Waals surface area contributed by atoms with Crippen molar-refractivity contribution in [2.24, 2.45) is 5.92 Å². The Labute approximate surface area is 531 Å².